The van der Waals surface area contributed by atoms with E-state index in [1.54, 1.807) is 9.80 Å². The van der Waals surface area contributed by atoms with Gasteiger partial charge in [0.05, 0.1) is 23.6 Å². The quantitative estimate of drug-likeness (QED) is 0.795. The van der Waals surface area contributed by atoms with E-state index < -0.39 is 9.84 Å². The molecule has 0 aromatic heterocycles. The van der Waals surface area contributed by atoms with Crippen LogP contribution in [0.5, 0.6) is 0 Å². The van der Waals surface area contributed by atoms with E-state index in [4.69, 9.17) is 0 Å². The number of hydrogen-bond acceptors (Lipinski definition) is 3. The standard InChI is InChI=1S/C19H20N2O3S/c1-14-6-5-7-15(10-14)11-20-17-12-25(23,24)13-18(17)21(19(20)22)16-8-3-2-4-9-16/h2-10,17-18H,11-13H2,1H3. The first-order valence-electron chi connectivity index (χ1n) is 8.35. The van der Waals surface area contributed by atoms with Crippen molar-refractivity contribution in [1.29, 1.82) is 0 Å². The summed E-state index contributed by atoms with van der Waals surface area (Å²) >= 11 is 0. The van der Waals surface area contributed by atoms with Gasteiger partial charge in [-0.1, -0.05) is 48.0 Å². The van der Waals surface area contributed by atoms with Gasteiger partial charge in [-0.05, 0) is 24.6 Å². The molecule has 2 amide bonds. The van der Waals surface area contributed by atoms with Gasteiger partial charge < -0.3 is 4.90 Å². The molecule has 0 N–H and O–H groups in total. The molecule has 6 heteroatoms. The van der Waals surface area contributed by atoms with Crippen LogP contribution >= 0.6 is 0 Å². The summed E-state index contributed by atoms with van der Waals surface area (Å²) in [7, 11) is -3.14. The molecule has 2 fully saturated rings. The Kier molecular flexibility index (Phi) is 3.80. The largest absolute Gasteiger partial charge is 0.325 e. The number of amides is 2. The van der Waals surface area contributed by atoms with E-state index in [0.717, 1.165) is 16.8 Å². The maximum absolute atomic E-state index is 13.1. The molecule has 2 aromatic carbocycles. The average molecular weight is 356 g/mol. The van der Waals surface area contributed by atoms with Crippen LogP contribution in [-0.4, -0.2) is 42.9 Å². The van der Waals surface area contributed by atoms with E-state index in [1.807, 2.05) is 61.5 Å². The Morgan fingerprint density at radius 1 is 1.00 bits per heavy atom. The molecule has 2 unspecified atom stereocenters. The topological polar surface area (TPSA) is 57.7 Å². The highest BCUT2D eigenvalue weighted by atomic mass is 32.2. The van der Waals surface area contributed by atoms with Crippen LogP contribution in [0.15, 0.2) is 54.6 Å². The van der Waals surface area contributed by atoms with Crippen molar-refractivity contribution < 1.29 is 13.2 Å². The molecular weight excluding hydrogens is 336 g/mol. The Morgan fingerprint density at radius 3 is 2.44 bits per heavy atom. The highest BCUT2D eigenvalue weighted by Gasteiger charge is 2.53. The van der Waals surface area contributed by atoms with Gasteiger partial charge in [0, 0.05) is 12.2 Å². The number of sulfone groups is 1. The van der Waals surface area contributed by atoms with Crippen LogP contribution < -0.4 is 4.90 Å². The van der Waals surface area contributed by atoms with Gasteiger partial charge >= 0.3 is 6.03 Å². The van der Waals surface area contributed by atoms with E-state index in [1.165, 1.54) is 0 Å². The molecule has 0 bridgehead atoms. The second-order valence-corrected chi connectivity index (χ2v) is 8.97. The minimum Gasteiger partial charge on any atom is -0.314 e. The zero-order chi connectivity index (χ0) is 17.6. The van der Waals surface area contributed by atoms with E-state index in [2.05, 4.69) is 0 Å². The predicted molar refractivity (Wildman–Crippen MR) is 97.3 cm³/mol. The minimum absolute atomic E-state index is 0.0304. The molecule has 0 radical (unpaired) electrons. The van der Waals surface area contributed by atoms with Crippen molar-refractivity contribution >= 4 is 21.6 Å². The van der Waals surface area contributed by atoms with Crippen LogP contribution in [-0.2, 0) is 16.4 Å². The van der Waals surface area contributed by atoms with Gasteiger partial charge in [-0.15, -0.1) is 0 Å². The number of carbonyl (C=O) groups is 1. The van der Waals surface area contributed by atoms with Crippen molar-refractivity contribution in [3.63, 3.8) is 0 Å². The first-order valence-corrected chi connectivity index (χ1v) is 10.2. The van der Waals surface area contributed by atoms with Crippen LogP contribution in [0.25, 0.3) is 0 Å². The fourth-order valence-electron chi connectivity index (χ4n) is 3.86. The molecule has 2 heterocycles. The number of urea groups is 1. The maximum atomic E-state index is 13.1. The molecule has 25 heavy (non-hydrogen) atoms. The third-order valence-corrected chi connectivity index (χ3v) is 6.65. The number of para-hydroxylation sites is 1. The SMILES string of the molecule is Cc1cccc(CN2C(=O)N(c3ccccc3)C3CS(=O)(=O)CC32)c1. The summed E-state index contributed by atoms with van der Waals surface area (Å²) in [5.41, 5.74) is 2.90. The Hall–Kier alpha value is -2.34. The molecular formula is C19H20N2O3S. The third-order valence-electron chi connectivity index (χ3n) is 4.95. The highest BCUT2D eigenvalue weighted by molar-refractivity contribution is 7.91. The van der Waals surface area contributed by atoms with E-state index in [0.29, 0.717) is 6.54 Å². The predicted octanol–water partition coefficient (Wildman–Crippen LogP) is 2.60. The number of fused-ring (bicyclic) bond motifs is 1. The lowest BCUT2D eigenvalue weighted by Gasteiger charge is -2.22. The zero-order valence-corrected chi connectivity index (χ0v) is 14.8. The van der Waals surface area contributed by atoms with Gasteiger partial charge in [-0.2, -0.15) is 0 Å². The van der Waals surface area contributed by atoms with Crippen LogP contribution in [0.1, 0.15) is 11.1 Å². The average Bonchev–Trinajstić information content (AvgIpc) is 3.00. The second kappa shape index (κ2) is 5.88. The molecule has 4 rings (SSSR count). The number of benzene rings is 2. The number of aryl methyl sites for hydroxylation is 1. The maximum Gasteiger partial charge on any atom is 0.325 e. The monoisotopic (exact) mass is 356 g/mol. The van der Waals surface area contributed by atoms with Crippen molar-refractivity contribution in [2.45, 2.75) is 25.6 Å². The summed E-state index contributed by atoms with van der Waals surface area (Å²) in [5, 5.41) is 0. The van der Waals surface area contributed by atoms with Crippen LogP contribution in [0.3, 0.4) is 0 Å². The van der Waals surface area contributed by atoms with Crippen molar-refractivity contribution in [2.75, 3.05) is 16.4 Å². The molecule has 130 valence electrons. The Balaban J connectivity index is 1.71. The van der Waals surface area contributed by atoms with Crippen molar-refractivity contribution in [3.05, 3.63) is 65.7 Å². The first kappa shape index (κ1) is 16.1. The van der Waals surface area contributed by atoms with Crippen LogP contribution in [0.4, 0.5) is 10.5 Å². The molecule has 0 saturated carbocycles. The molecule has 2 atom stereocenters. The second-order valence-electron chi connectivity index (χ2n) is 6.82. The zero-order valence-electron chi connectivity index (χ0n) is 14.0. The van der Waals surface area contributed by atoms with Crippen molar-refractivity contribution in [2.24, 2.45) is 0 Å². The summed E-state index contributed by atoms with van der Waals surface area (Å²) in [5.74, 6) is 0.0706. The van der Waals surface area contributed by atoms with Crippen molar-refractivity contribution in [3.8, 4) is 0 Å². The van der Waals surface area contributed by atoms with E-state index in [9.17, 15) is 13.2 Å². The first-order chi connectivity index (χ1) is 11.9. The molecule has 2 aliphatic rings. The smallest absolute Gasteiger partial charge is 0.314 e. The minimum atomic E-state index is -3.14. The lowest BCUT2D eigenvalue weighted by Crippen LogP contribution is -2.37. The summed E-state index contributed by atoms with van der Waals surface area (Å²) in [4.78, 5) is 16.5. The van der Waals surface area contributed by atoms with E-state index >= 15 is 0 Å². The highest BCUT2D eigenvalue weighted by Crippen LogP contribution is 2.35. The summed E-state index contributed by atoms with van der Waals surface area (Å²) in [6.07, 6.45) is 0. The number of hydrogen-bond donors (Lipinski definition) is 0. The molecule has 2 saturated heterocycles. The summed E-state index contributed by atoms with van der Waals surface area (Å²) in [6.45, 7) is 2.44. The van der Waals surface area contributed by atoms with Crippen molar-refractivity contribution in [1.82, 2.24) is 4.90 Å². The number of rotatable bonds is 3. The normalized spacial score (nSPS) is 24.6. The summed E-state index contributed by atoms with van der Waals surface area (Å²) in [6, 6.07) is 16.6. The fourth-order valence-corrected chi connectivity index (χ4v) is 5.81. The Labute approximate surface area is 147 Å². The van der Waals surface area contributed by atoms with Gasteiger partial charge in [0.15, 0.2) is 9.84 Å². The lowest BCUT2D eigenvalue weighted by atomic mass is 10.1. The lowest BCUT2D eigenvalue weighted by molar-refractivity contribution is 0.206. The Morgan fingerprint density at radius 2 is 1.72 bits per heavy atom. The van der Waals surface area contributed by atoms with Gasteiger partial charge in [-0.3, -0.25) is 4.90 Å². The van der Waals surface area contributed by atoms with E-state index in [-0.39, 0.29) is 29.6 Å². The Bertz CT molecular complexity index is 911. The molecule has 0 aliphatic carbocycles. The van der Waals surface area contributed by atoms with Gasteiger partial charge in [0.25, 0.3) is 0 Å². The van der Waals surface area contributed by atoms with Crippen LogP contribution in [0.2, 0.25) is 0 Å². The summed E-state index contributed by atoms with van der Waals surface area (Å²) < 4.78 is 24.4. The molecule has 5 nitrogen and oxygen atoms in total. The number of anilines is 1. The number of nitrogens with zero attached hydrogens (tertiary/aromatic N) is 2. The van der Waals surface area contributed by atoms with Crippen LogP contribution in [0, 0.1) is 6.92 Å². The molecule has 0 spiro atoms. The van der Waals surface area contributed by atoms with Gasteiger partial charge in [0.1, 0.15) is 0 Å². The fraction of sp³-hybridized carbons (Fsp3) is 0.316. The van der Waals surface area contributed by atoms with Gasteiger partial charge in [0.2, 0.25) is 0 Å². The molecule has 2 aromatic rings. The van der Waals surface area contributed by atoms with Gasteiger partial charge in [-0.25, -0.2) is 13.2 Å². The molecule has 2 aliphatic heterocycles. The number of carbonyl (C=O) groups excluding carboxylic acids is 1. The third kappa shape index (κ3) is 2.91.